The van der Waals surface area contributed by atoms with E-state index in [4.69, 9.17) is 5.11 Å². The number of nitrogens with zero attached hydrogens (tertiary/aromatic N) is 1. The summed E-state index contributed by atoms with van der Waals surface area (Å²) >= 11 is 0. The van der Waals surface area contributed by atoms with E-state index in [9.17, 15) is 9.18 Å². The number of rotatable bonds is 3. The van der Waals surface area contributed by atoms with Crippen molar-refractivity contribution in [2.45, 2.75) is 6.42 Å². The average molecular weight is 284 g/mol. The zero-order valence-corrected chi connectivity index (χ0v) is 11.1. The molecule has 0 aliphatic carbocycles. The van der Waals surface area contributed by atoms with E-state index in [1.807, 2.05) is 0 Å². The maximum atomic E-state index is 13.4. The molecule has 0 unspecified atom stereocenters. The molecule has 0 aliphatic rings. The number of benzene rings is 1. The number of aromatic nitrogens is 1. The van der Waals surface area contributed by atoms with Gasteiger partial charge < -0.3 is 10.4 Å². The molecule has 2 aromatic rings. The number of nitrogens with one attached hydrogen (secondary N) is 1. The molecule has 0 atom stereocenters. The van der Waals surface area contributed by atoms with Crippen LogP contribution < -0.4 is 5.32 Å². The minimum atomic E-state index is -0.515. The molecular weight excluding hydrogens is 271 g/mol. The highest BCUT2D eigenvalue weighted by atomic mass is 19.1. The highest BCUT2D eigenvalue weighted by molar-refractivity contribution is 6.05. The van der Waals surface area contributed by atoms with Crippen molar-refractivity contribution in [3.05, 3.63) is 59.7 Å². The smallest absolute Gasteiger partial charge is 0.257 e. The van der Waals surface area contributed by atoms with Gasteiger partial charge in [0, 0.05) is 18.2 Å². The highest BCUT2D eigenvalue weighted by Gasteiger charge is 2.12. The normalized spacial score (nSPS) is 9.62. The summed E-state index contributed by atoms with van der Waals surface area (Å²) in [5, 5.41) is 11.3. The van der Waals surface area contributed by atoms with Crippen LogP contribution in [-0.2, 0) is 0 Å². The van der Waals surface area contributed by atoms with Crippen molar-refractivity contribution < 1.29 is 14.3 Å². The third-order valence-electron chi connectivity index (χ3n) is 2.61. The van der Waals surface area contributed by atoms with E-state index in [0.29, 0.717) is 17.7 Å². The molecule has 21 heavy (non-hydrogen) atoms. The molecule has 0 bridgehead atoms. The Morgan fingerprint density at radius 2 is 2.24 bits per heavy atom. The van der Waals surface area contributed by atoms with Crippen molar-refractivity contribution in [1.82, 2.24) is 4.98 Å². The minimum absolute atomic E-state index is 0.0641. The molecule has 0 spiro atoms. The fourth-order valence-electron chi connectivity index (χ4n) is 1.66. The minimum Gasteiger partial charge on any atom is -0.395 e. The SMILES string of the molecule is O=C(Nc1cccnc1)c1cc(F)ccc1C#CCCO. The number of carbonyl (C=O) groups is 1. The van der Waals surface area contributed by atoms with Gasteiger partial charge in [-0.3, -0.25) is 9.78 Å². The number of carbonyl (C=O) groups excluding carboxylic acids is 1. The van der Waals surface area contributed by atoms with Crippen LogP contribution in [0, 0.1) is 17.7 Å². The summed E-state index contributed by atoms with van der Waals surface area (Å²) in [5.41, 5.74) is 1.07. The number of hydrogen-bond donors (Lipinski definition) is 2. The molecule has 106 valence electrons. The van der Waals surface area contributed by atoms with E-state index in [2.05, 4.69) is 22.1 Å². The Balaban J connectivity index is 2.27. The third kappa shape index (κ3) is 4.13. The van der Waals surface area contributed by atoms with Gasteiger partial charge >= 0.3 is 0 Å². The van der Waals surface area contributed by atoms with E-state index >= 15 is 0 Å². The zero-order valence-electron chi connectivity index (χ0n) is 11.1. The lowest BCUT2D eigenvalue weighted by atomic mass is 10.1. The van der Waals surface area contributed by atoms with Crippen LogP contribution in [0.15, 0.2) is 42.7 Å². The van der Waals surface area contributed by atoms with E-state index in [0.717, 1.165) is 6.07 Å². The quantitative estimate of drug-likeness (QED) is 0.849. The predicted octanol–water partition coefficient (Wildman–Crippen LogP) is 2.21. The third-order valence-corrected chi connectivity index (χ3v) is 2.61. The molecule has 2 N–H and O–H groups in total. The van der Waals surface area contributed by atoms with Crippen LogP contribution >= 0.6 is 0 Å². The predicted molar refractivity (Wildman–Crippen MR) is 77.2 cm³/mol. The molecule has 1 aromatic carbocycles. The summed E-state index contributed by atoms with van der Waals surface area (Å²) in [5.74, 6) is 4.49. The summed E-state index contributed by atoms with van der Waals surface area (Å²) in [6.45, 7) is -0.0641. The standard InChI is InChI=1S/C16H13FN2O2/c17-13-7-6-12(4-1-2-9-20)15(10-13)16(21)19-14-5-3-8-18-11-14/h3,5-8,10-11,20H,2,9H2,(H,19,21). The molecule has 0 saturated carbocycles. The van der Waals surface area contributed by atoms with Crippen LogP contribution in [0.1, 0.15) is 22.3 Å². The molecule has 0 saturated heterocycles. The molecule has 5 heteroatoms. The van der Waals surface area contributed by atoms with Crippen LogP contribution in [0.25, 0.3) is 0 Å². The van der Waals surface area contributed by atoms with E-state index in [-0.39, 0.29) is 12.2 Å². The second kappa shape index (κ2) is 7.17. The number of pyridine rings is 1. The van der Waals surface area contributed by atoms with Gasteiger partial charge in [-0.2, -0.15) is 0 Å². The Bertz CT molecular complexity index is 690. The summed E-state index contributed by atoms with van der Waals surface area (Å²) in [6.07, 6.45) is 3.37. The average Bonchev–Trinajstić information content (AvgIpc) is 2.50. The molecule has 0 aliphatic heterocycles. The molecular formula is C16H13FN2O2. The van der Waals surface area contributed by atoms with Gasteiger partial charge in [0.15, 0.2) is 0 Å². The van der Waals surface area contributed by atoms with Gasteiger partial charge in [0.05, 0.1) is 24.1 Å². The van der Waals surface area contributed by atoms with Gasteiger partial charge in [-0.1, -0.05) is 11.8 Å². The van der Waals surface area contributed by atoms with E-state index in [1.54, 1.807) is 18.3 Å². The first-order valence-corrected chi connectivity index (χ1v) is 6.31. The van der Waals surface area contributed by atoms with Gasteiger partial charge in [0.2, 0.25) is 0 Å². The van der Waals surface area contributed by atoms with Crippen molar-refractivity contribution in [3.63, 3.8) is 0 Å². The Hall–Kier alpha value is -2.71. The van der Waals surface area contributed by atoms with Crippen molar-refractivity contribution in [3.8, 4) is 11.8 Å². The van der Waals surface area contributed by atoms with E-state index < -0.39 is 11.7 Å². The number of anilines is 1. The van der Waals surface area contributed by atoms with Gasteiger partial charge in [-0.05, 0) is 30.3 Å². The molecule has 1 heterocycles. The first kappa shape index (κ1) is 14.7. The second-order valence-corrected chi connectivity index (χ2v) is 4.16. The lowest BCUT2D eigenvalue weighted by Gasteiger charge is -2.06. The fourth-order valence-corrected chi connectivity index (χ4v) is 1.66. The number of halogens is 1. The maximum Gasteiger partial charge on any atom is 0.257 e. The van der Waals surface area contributed by atoms with Crippen molar-refractivity contribution in [2.75, 3.05) is 11.9 Å². The van der Waals surface area contributed by atoms with Crippen LogP contribution in [0.3, 0.4) is 0 Å². The lowest BCUT2D eigenvalue weighted by molar-refractivity contribution is 0.102. The summed E-state index contributed by atoms with van der Waals surface area (Å²) in [6, 6.07) is 7.18. The van der Waals surface area contributed by atoms with Crippen molar-refractivity contribution >= 4 is 11.6 Å². The molecule has 0 radical (unpaired) electrons. The van der Waals surface area contributed by atoms with Gasteiger partial charge in [0.25, 0.3) is 5.91 Å². The first-order chi connectivity index (χ1) is 10.2. The van der Waals surface area contributed by atoms with Crippen LogP contribution in [0.4, 0.5) is 10.1 Å². The summed E-state index contributed by atoms with van der Waals surface area (Å²) in [4.78, 5) is 16.1. The van der Waals surface area contributed by atoms with E-state index in [1.165, 1.54) is 18.3 Å². The largest absolute Gasteiger partial charge is 0.395 e. The van der Waals surface area contributed by atoms with Gasteiger partial charge in [-0.15, -0.1) is 0 Å². The number of amides is 1. The molecule has 0 fully saturated rings. The Morgan fingerprint density at radius 3 is 2.95 bits per heavy atom. The van der Waals surface area contributed by atoms with Crippen molar-refractivity contribution in [2.24, 2.45) is 0 Å². The molecule has 2 rings (SSSR count). The van der Waals surface area contributed by atoms with Gasteiger partial charge in [0.1, 0.15) is 5.82 Å². The fraction of sp³-hybridized carbons (Fsp3) is 0.125. The lowest BCUT2D eigenvalue weighted by Crippen LogP contribution is -2.14. The Labute approximate surface area is 121 Å². The van der Waals surface area contributed by atoms with Crippen LogP contribution in [0.5, 0.6) is 0 Å². The van der Waals surface area contributed by atoms with Crippen LogP contribution in [-0.4, -0.2) is 22.6 Å². The number of aliphatic hydroxyl groups excluding tert-OH is 1. The maximum absolute atomic E-state index is 13.4. The number of hydrogen-bond acceptors (Lipinski definition) is 3. The van der Waals surface area contributed by atoms with Crippen LogP contribution in [0.2, 0.25) is 0 Å². The number of aliphatic hydroxyl groups is 1. The zero-order chi connectivity index (χ0) is 15.1. The topological polar surface area (TPSA) is 62.2 Å². The monoisotopic (exact) mass is 284 g/mol. The van der Waals surface area contributed by atoms with Gasteiger partial charge in [-0.25, -0.2) is 4.39 Å². The Morgan fingerprint density at radius 1 is 1.38 bits per heavy atom. The molecule has 1 amide bonds. The first-order valence-electron chi connectivity index (χ1n) is 6.31. The molecule has 1 aromatic heterocycles. The second-order valence-electron chi connectivity index (χ2n) is 4.16. The highest BCUT2D eigenvalue weighted by Crippen LogP contribution is 2.13. The Kier molecular flexibility index (Phi) is 5.02. The molecule has 4 nitrogen and oxygen atoms in total. The summed E-state index contributed by atoms with van der Waals surface area (Å²) in [7, 11) is 0. The summed E-state index contributed by atoms with van der Waals surface area (Å²) < 4.78 is 13.4. The van der Waals surface area contributed by atoms with Crippen molar-refractivity contribution in [1.29, 1.82) is 0 Å².